The molecule has 11 heavy (non-hydrogen) atoms. The first-order chi connectivity index (χ1) is 4.93. The SMILES string of the molecule is C=C[Si](C=C)(C=C)[Si](C)(C)C. The van der Waals surface area contributed by atoms with Gasteiger partial charge in [-0.15, -0.1) is 19.7 Å². The van der Waals surface area contributed by atoms with E-state index in [1.807, 2.05) is 0 Å². The molecule has 0 atom stereocenters. The zero-order valence-corrected chi connectivity index (χ0v) is 9.85. The van der Waals surface area contributed by atoms with Crippen molar-refractivity contribution in [1.29, 1.82) is 0 Å². The first-order valence-electron chi connectivity index (χ1n) is 3.84. The summed E-state index contributed by atoms with van der Waals surface area (Å²) in [6.07, 6.45) is 0. The summed E-state index contributed by atoms with van der Waals surface area (Å²) in [5, 5.41) is 0. The molecule has 0 rings (SSSR count). The van der Waals surface area contributed by atoms with Gasteiger partial charge in [-0.05, 0) is 0 Å². The van der Waals surface area contributed by atoms with Crippen molar-refractivity contribution in [2.45, 2.75) is 19.6 Å². The van der Waals surface area contributed by atoms with Crippen molar-refractivity contribution in [3.63, 3.8) is 0 Å². The number of rotatable bonds is 4. The van der Waals surface area contributed by atoms with Gasteiger partial charge >= 0.3 is 0 Å². The highest BCUT2D eigenvalue weighted by molar-refractivity contribution is 7.47. The minimum Gasteiger partial charge on any atom is -0.107 e. The molecule has 0 fully saturated rings. The van der Waals surface area contributed by atoms with E-state index >= 15 is 0 Å². The lowest BCUT2D eigenvalue weighted by Crippen LogP contribution is -2.53. The third kappa shape index (κ3) is 1.81. The lowest BCUT2D eigenvalue weighted by atomic mass is 11.2. The fourth-order valence-electron chi connectivity index (χ4n) is 1.17. The van der Waals surface area contributed by atoms with Gasteiger partial charge in [0.25, 0.3) is 0 Å². The first kappa shape index (κ1) is 10.7. The Morgan fingerprint density at radius 1 is 0.818 bits per heavy atom. The summed E-state index contributed by atoms with van der Waals surface area (Å²) in [7, 11) is -2.64. The summed E-state index contributed by atoms with van der Waals surface area (Å²) in [6.45, 7) is 18.7. The molecule has 0 amide bonds. The molecule has 62 valence electrons. The Hall–Kier alpha value is -0.346. The van der Waals surface area contributed by atoms with Crippen LogP contribution in [-0.4, -0.2) is 15.2 Å². The van der Waals surface area contributed by atoms with Crippen molar-refractivity contribution < 1.29 is 0 Å². The standard InChI is InChI=1S/C9H18Si2/c1-7-11(8-2,9-3)10(4,5)6/h7-9H,1-3H2,4-6H3. The van der Waals surface area contributed by atoms with Gasteiger partial charge in [-0.2, -0.15) is 0 Å². The normalized spacial score (nSPS) is 12.3. The van der Waals surface area contributed by atoms with E-state index in [0.29, 0.717) is 0 Å². The molecule has 0 unspecified atom stereocenters. The van der Waals surface area contributed by atoms with Crippen molar-refractivity contribution in [2.24, 2.45) is 0 Å². The molecule has 2 heteroatoms. The first-order valence-corrected chi connectivity index (χ1v) is 10.6. The van der Waals surface area contributed by atoms with Gasteiger partial charge in [0.05, 0.1) is 7.59 Å². The molecule has 0 N–H and O–H groups in total. The molecule has 0 saturated carbocycles. The van der Waals surface area contributed by atoms with Crippen LogP contribution in [-0.2, 0) is 0 Å². The molecule has 0 aromatic heterocycles. The van der Waals surface area contributed by atoms with Gasteiger partial charge < -0.3 is 0 Å². The minimum absolute atomic E-state index is 1.15. The van der Waals surface area contributed by atoms with E-state index in [1.54, 1.807) is 0 Å². The van der Waals surface area contributed by atoms with Crippen molar-refractivity contribution >= 4 is 15.2 Å². The molecule has 0 aliphatic rings. The van der Waals surface area contributed by atoms with Crippen molar-refractivity contribution in [1.82, 2.24) is 0 Å². The lowest BCUT2D eigenvalue weighted by Gasteiger charge is -2.33. The van der Waals surface area contributed by atoms with Crippen molar-refractivity contribution in [2.75, 3.05) is 0 Å². The van der Waals surface area contributed by atoms with E-state index in [9.17, 15) is 0 Å². The molecule has 0 bridgehead atoms. The van der Waals surface area contributed by atoms with Crippen molar-refractivity contribution in [3.05, 3.63) is 36.8 Å². The lowest BCUT2D eigenvalue weighted by molar-refractivity contribution is 1.81. The molecule has 0 aromatic carbocycles. The second kappa shape index (κ2) is 3.37. The summed E-state index contributed by atoms with van der Waals surface area (Å²) in [5.74, 6) is 0. The van der Waals surface area contributed by atoms with E-state index in [2.05, 4.69) is 56.5 Å². The third-order valence-electron chi connectivity index (χ3n) is 2.31. The van der Waals surface area contributed by atoms with Crippen LogP contribution in [0, 0.1) is 0 Å². The average Bonchev–Trinajstić information content (AvgIpc) is 1.90. The van der Waals surface area contributed by atoms with Crippen LogP contribution < -0.4 is 0 Å². The maximum absolute atomic E-state index is 3.90. The number of hydrogen-bond acceptors (Lipinski definition) is 0. The summed E-state index contributed by atoms with van der Waals surface area (Å²) < 4.78 is 0. The Balaban J connectivity index is 4.99. The smallest absolute Gasteiger partial charge is 0.107 e. The van der Waals surface area contributed by atoms with Gasteiger partial charge in [0.1, 0.15) is 7.59 Å². The fraction of sp³-hybridized carbons (Fsp3) is 0.333. The Kier molecular flexibility index (Phi) is 3.26. The van der Waals surface area contributed by atoms with Crippen LogP contribution in [0.1, 0.15) is 0 Å². The summed E-state index contributed by atoms with van der Waals surface area (Å²) in [6, 6.07) is 0. The maximum Gasteiger partial charge on any atom is 0.114 e. The zero-order valence-electron chi connectivity index (χ0n) is 7.85. The number of hydrogen-bond donors (Lipinski definition) is 0. The van der Waals surface area contributed by atoms with Crippen LogP contribution >= 0.6 is 0 Å². The maximum atomic E-state index is 3.90. The highest BCUT2D eigenvalue weighted by atomic mass is 29.3. The highest BCUT2D eigenvalue weighted by Gasteiger charge is 2.37. The van der Waals surface area contributed by atoms with Gasteiger partial charge in [-0.25, -0.2) is 0 Å². The Labute approximate surface area is 72.1 Å². The third-order valence-corrected chi connectivity index (χ3v) is 16.6. The molecule has 0 heterocycles. The van der Waals surface area contributed by atoms with Crippen LogP contribution in [0.4, 0.5) is 0 Å². The van der Waals surface area contributed by atoms with E-state index < -0.39 is 15.2 Å². The van der Waals surface area contributed by atoms with Crippen LogP contribution in [0.25, 0.3) is 0 Å². The van der Waals surface area contributed by atoms with Gasteiger partial charge in [0.15, 0.2) is 0 Å². The summed E-state index contributed by atoms with van der Waals surface area (Å²) in [5.41, 5.74) is 6.29. The van der Waals surface area contributed by atoms with E-state index in [4.69, 9.17) is 0 Å². The Morgan fingerprint density at radius 3 is 1.09 bits per heavy atom. The van der Waals surface area contributed by atoms with Crippen molar-refractivity contribution in [3.8, 4) is 0 Å². The molecule has 0 radical (unpaired) electrons. The van der Waals surface area contributed by atoms with Crippen LogP contribution in [0.3, 0.4) is 0 Å². The quantitative estimate of drug-likeness (QED) is 0.586. The largest absolute Gasteiger partial charge is 0.114 e. The molecule has 0 aliphatic heterocycles. The molecule has 0 spiro atoms. The molecule has 0 aliphatic carbocycles. The van der Waals surface area contributed by atoms with Crippen LogP contribution in [0.2, 0.25) is 19.6 Å². The molecule has 0 saturated heterocycles. The van der Waals surface area contributed by atoms with Crippen LogP contribution in [0.15, 0.2) is 36.8 Å². The monoisotopic (exact) mass is 182 g/mol. The van der Waals surface area contributed by atoms with Crippen LogP contribution in [0.5, 0.6) is 0 Å². The van der Waals surface area contributed by atoms with Gasteiger partial charge in [-0.3, -0.25) is 0 Å². The summed E-state index contributed by atoms with van der Waals surface area (Å²) >= 11 is 0. The molecule has 0 aromatic rings. The predicted molar refractivity (Wildman–Crippen MR) is 59.7 cm³/mol. The topological polar surface area (TPSA) is 0 Å². The van der Waals surface area contributed by atoms with Gasteiger partial charge in [0.2, 0.25) is 0 Å². The molecular weight excluding hydrogens is 164 g/mol. The second-order valence-electron chi connectivity index (χ2n) is 3.80. The fourth-order valence-corrected chi connectivity index (χ4v) is 9.02. The van der Waals surface area contributed by atoms with E-state index in [-0.39, 0.29) is 0 Å². The second-order valence-corrected chi connectivity index (χ2v) is 18.5. The summed E-state index contributed by atoms with van der Waals surface area (Å²) in [4.78, 5) is 0. The average molecular weight is 182 g/mol. The van der Waals surface area contributed by atoms with Gasteiger partial charge in [0, 0.05) is 0 Å². The van der Waals surface area contributed by atoms with Gasteiger partial charge in [-0.1, -0.05) is 36.7 Å². The highest BCUT2D eigenvalue weighted by Crippen LogP contribution is 2.21. The minimum atomic E-state index is -1.49. The van der Waals surface area contributed by atoms with E-state index in [0.717, 1.165) is 0 Å². The van der Waals surface area contributed by atoms with E-state index in [1.165, 1.54) is 0 Å². The molecular formula is C9H18Si2. The Bertz CT molecular complexity index is 153. The zero-order chi connectivity index (χ0) is 9.12. The predicted octanol–water partition coefficient (Wildman–Crippen LogP) is 3.03. The Morgan fingerprint density at radius 2 is 1.09 bits per heavy atom. The molecule has 0 nitrogen and oxygen atoms in total.